The molecule has 1 aliphatic heterocycles. The molecule has 2 heterocycles. The third kappa shape index (κ3) is 4.08. The molecule has 0 aliphatic carbocycles. The molecule has 0 amide bonds. The van der Waals surface area contributed by atoms with Gasteiger partial charge >= 0.3 is 11.9 Å². The molecule has 29 heavy (non-hydrogen) atoms. The molecule has 1 saturated heterocycles. The summed E-state index contributed by atoms with van der Waals surface area (Å²) in [6, 6.07) is 9.48. The van der Waals surface area contributed by atoms with Crippen molar-refractivity contribution >= 4 is 33.3 Å². The fourth-order valence-electron chi connectivity index (χ4n) is 3.62. The van der Waals surface area contributed by atoms with E-state index in [-0.39, 0.29) is 26.3 Å². The van der Waals surface area contributed by atoms with Gasteiger partial charge in [-0.1, -0.05) is 30.3 Å². The molecule has 2 aromatic rings. The third-order valence-electron chi connectivity index (χ3n) is 5.06. The molecule has 7 nitrogen and oxygen atoms in total. The van der Waals surface area contributed by atoms with Gasteiger partial charge in [0.1, 0.15) is 4.88 Å². The number of hydrogen-bond donors (Lipinski definition) is 0. The summed E-state index contributed by atoms with van der Waals surface area (Å²) < 4.78 is 37.9. The first kappa shape index (κ1) is 21.5. The molecule has 1 aliphatic rings. The molecule has 0 bridgehead atoms. The quantitative estimate of drug-likeness (QED) is 0.646. The zero-order chi connectivity index (χ0) is 21.2. The van der Waals surface area contributed by atoms with Crippen molar-refractivity contribution in [1.82, 2.24) is 4.31 Å². The van der Waals surface area contributed by atoms with E-state index in [1.165, 1.54) is 25.4 Å². The van der Waals surface area contributed by atoms with Crippen molar-refractivity contribution in [1.29, 1.82) is 0 Å². The molecule has 0 saturated carbocycles. The van der Waals surface area contributed by atoms with Crippen LogP contribution in [-0.4, -0.2) is 51.5 Å². The lowest BCUT2D eigenvalue weighted by Gasteiger charge is -2.24. The normalized spacial score (nSPS) is 17.3. The maximum atomic E-state index is 13.5. The third-order valence-corrected chi connectivity index (χ3v) is 8.77. The molecular weight excluding hydrogens is 414 g/mol. The number of hydrogen-bond acceptors (Lipinski definition) is 7. The van der Waals surface area contributed by atoms with Crippen LogP contribution < -0.4 is 0 Å². The lowest BCUT2D eigenvalue weighted by molar-refractivity contribution is 0.0596. The number of thiophene rings is 1. The number of methoxy groups -OCH3 is 2. The number of carbonyl (C=O) groups excluding carboxylic acids is 2. The van der Waals surface area contributed by atoms with E-state index < -0.39 is 22.0 Å². The van der Waals surface area contributed by atoms with E-state index >= 15 is 0 Å². The summed E-state index contributed by atoms with van der Waals surface area (Å²) in [5.74, 6) is -1.47. The Bertz CT molecular complexity index is 1010. The second-order valence-corrected chi connectivity index (χ2v) is 9.91. The second-order valence-electron chi connectivity index (χ2n) is 6.80. The predicted molar refractivity (Wildman–Crippen MR) is 109 cm³/mol. The summed E-state index contributed by atoms with van der Waals surface area (Å²) in [5, 5.41) is 0. The summed E-state index contributed by atoms with van der Waals surface area (Å²) in [5.41, 5.74) is 1.21. The molecule has 1 unspecified atom stereocenters. The predicted octanol–water partition coefficient (Wildman–Crippen LogP) is 3.03. The van der Waals surface area contributed by atoms with Crippen LogP contribution in [0.1, 0.15) is 44.0 Å². The van der Waals surface area contributed by atoms with E-state index in [4.69, 9.17) is 9.47 Å². The second kappa shape index (κ2) is 8.64. The van der Waals surface area contributed by atoms with Crippen LogP contribution in [0, 0.1) is 6.92 Å². The SMILES string of the molecule is COC(=O)c1sc(S(=O)(=O)N2CCCC2Cc2ccccc2)c(C(=O)OC)c1C. The lowest BCUT2D eigenvalue weighted by Crippen LogP contribution is -2.37. The first-order chi connectivity index (χ1) is 13.8. The number of rotatable bonds is 6. The zero-order valence-electron chi connectivity index (χ0n) is 16.5. The minimum atomic E-state index is -3.99. The monoisotopic (exact) mass is 437 g/mol. The summed E-state index contributed by atoms with van der Waals surface area (Å²) in [6.07, 6.45) is 2.05. The van der Waals surface area contributed by atoms with Gasteiger partial charge in [0.05, 0.1) is 19.8 Å². The Kier molecular flexibility index (Phi) is 6.40. The van der Waals surface area contributed by atoms with E-state index in [0.29, 0.717) is 13.0 Å². The smallest absolute Gasteiger partial charge is 0.348 e. The first-order valence-corrected chi connectivity index (χ1v) is 11.4. The molecule has 0 N–H and O–H groups in total. The van der Waals surface area contributed by atoms with Crippen LogP contribution in [0.3, 0.4) is 0 Å². The summed E-state index contributed by atoms with van der Waals surface area (Å²) in [6.45, 7) is 1.89. The van der Waals surface area contributed by atoms with Gasteiger partial charge in [0, 0.05) is 12.6 Å². The van der Waals surface area contributed by atoms with Gasteiger partial charge in [0.2, 0.25) is 0 Å². The molecule has 1 aromatic carbocycles. The maximum absolute atomic E-state index is 13.5. The van der Waals surface area contributed by atoms with Crippen LogP contribution in [0.15, 0.2) is 34.5 Å². The topological polar surface area (TPSA) is 90.0 Å². The molecule has 1 fully saturated rings. The van der Waals surface area contributed by atoms with Gasteiger partial charge in [-0.15, -0.1) is 11.3 Å². The van der Waals surface area contributed by atoms with Crippen molar-refractivity contribution in [3.05, 3.63) is 51.9 Å². The molecule has 1 aromatic heterocycles. The maximum Gasteiger partial charge on any atom is 0.348 e. The highest BCUT2D eigenvalue weighted by Crippen LogP contribution is 2.37. The van der Waals surface area contributed by atoms with E-state index in [0.717, 1.165) is 29.7 Å². The van der Waals surface area contributed by atoms with Gasteiger partial charge in [-0.2, -0.15) is 4.31 Å². The Hall–Kier alpha value is -2.23. The van der Waals surface area contributed by atoms with E-state index in [9.17, 15) is 18.0 Å². The standard InChI is InChI=1S/C20H23NO6S2/c1-13-16(18(22)26-2)20(28-17(13)19(23)27-3)29(24,25)21-11-7-10-15(21)12-14-8-5-4-6-9-14/h4-6,8-9,15H,7,10-12H2,1-3H3. The number of carbonyl (C=O) groups is 2. The highest BCUT2D eigenvalue weighted by atomic mass is 32.2. The van der Waals surface area contributed by atoms with Crippen molar-refractivity contribution in [3.63, 3.8) is 0 Å². The summed E-state index contributed by atoms with van der Waals surface area (Å²) >= 11 is 0.760. The van der Waals surface area contributed by atoms with Crippen molar-refractivity contribution in [2.75, 3.05) is 20.8 Å². The Morgan fingerprint density at radius 1 is 1.14 bits per heavy atom. The van der Waals surface area contributed by atoms with Crippen LogP contribution in [-0.2, 0) is 25.9 Å². The molecule has 0 spiro atoms. The number of esters is 2. The Morgan fingerprint density at radius 2 is 1.79 bits per heavy atom. The number of ether oxygens (including phenoxy) is 2. The Morgan fingerprint density at radius 3 is 2.41 bits per heavy atom. The summed E-state index contributed by atoms with van der Waals surface area (Å²) in [4.78, 5) is 24.5. The minimum absolute atomic E-state index is 0.0882. The number of sulfonamides is 1. The van der Waals surface area contributed by atoms with Crippen LogP contribution in [0.4, 0.5) is 0 Å². The van der Waals surface area contributed by atoms with Crippen molar-refractivity contribution in [2.24, 2.45) is 0 Å². The van der Waals surface area contributed by atoms with Gasteiger partial charge in [-0.3, -0.25) is 0 Å². The van der Waals surface area contributed by atoms with Crippen LogP contribution in [0.25, 0.3) is 0 Å². The van der Waals surface area contributed by atoms with Crippen molar-refractivity contribution in [3.8, 4) is 0 Å². The van der Waals surface area contributed by atoms with Crippen molar-refractivity contribution in [2.45, 2.75) is 36.4 Å². The number of nitrogens with zero attached hydrogens (tertiary/aromatic N) is 1. The average molecular weight is 438 g/mol. The molecule has 156 valence electrons. The van der Waals surface area contributed by atoms with Gasteiger partial charge in [-0.25, -0.2) is 18.0 Å². The largest absolute Gasteiger partial charge is 0.465 e. The lowest BCUT2D eigenvalue weighted by atomic mass is 10.1. The van der Waals surface area contributed by atoms with E-state index in [1.807, 2.05) is 30.3 Å². The highest BCUT2D eigenvalue weighted by molar-refractivity contribution is 7.91. The first-order valence-electron chi connectivity index (χ1n) is 9.17. The Balaban J connectivity index is 2.04. The minimum Gasteiger partial charge on any atom is -0.465 e. The van der Waals surface area contributed by atoms with Gasteiger partial charge < -0.3 is 9.47 Å². The zero-order valence-corrected chi connectivity index (χ0v) is 18.1. The van der Waals surface area contributed by atoms with E-state index in [1.54, 1.807) is 0 Å². The summed E-state index contributed by atoms with van der Waals surface area (Å²) in [7, 11) is -1.60. The van der Waals surface area contributed by atoms with Gasteiger partial charge in [-0.05, 0) is 37.3 Å². The highest BCUT2D eigenvalue weighted by Gasteiger charge is 2.40. The van der Waals surface area contributed by atoms with Crippen molar-refractivity contribution < 1.29 is 27.5 Å². The van der Waals surface area contributed by atoms with Gasteiger partial charge in [0.15, 0.2) is 4.21 Å². The average Bonchev–Trinajstić information content (AvgIpc) is 3.32. The fraction of sp³-hybridized carbons (Fsp3) is 0.400. The van der Waals surface area contributed by atoms with E-state index in [2.05, 4.69) is 0 Å². The van der Waals surface area contributed by atoms with Crippen LogP contribution in [0.5, 0.6) is 0 Å². The molecule has 9 heteroatoms. The molecule has 3 rings (SSSR count). The van der Waals surface area contributed by atoms with Crippen LogP contribution in [0.2, 0.25) is 0 Å². The fourth-order valence-corrected chi connectivity index (χ4v) is 7.17. The van der Waals surface area contributed by atoms with Gasteiger partial charge in [0.25, 0.3) is 10.0 Å². The van der Waals surface area contributed by atoms with Crippen LogP contribution >= 0.6 is 11.3 Å². The molecule has 0 radical (unpaired) electrons. The number of benzene rings is 1. The molecule has 1 atom stereocenters. The Labute approximate surface area is 174 Å². The molecular formula is C20H23NO6S2.